The summed E-state index contributed by atoms with van der Waals surface area (Å²) in [5.41, 5.74) is 4.56. The van der Waals surface area contributed by atoms with Gasteiger partial charge in [-0.3, -0.25) is 4.90 Å². The summed E-state index contributed by atoms with van der Waals surface area (Å²) in [6, 6.07) is 7.85. The van der Waals surface area contributed by atoms with Crippen molar-refractivity contribution in [1.29, 1.82) is 0 Å². The number of hydrogen-bond donors (Lipinski definition) is 0. The highest BCUT2D eigenvalue weighted by Gasteiger charge is 2.27. The molecular weight excluding hydrogens is 182 g/mol. The van der Waals surface area contributed by atoms with E-state index in [-0.39, 0.29) is 0 Å². The maximum Gasteiger partial charge on any atom is 0.0239 e. The first-order chi connectivity index (χ1) is 7.33. The Bertz CT molecular complexity index is 366. The molecule has 15 heavy (non-hydrogen) atoms. The molecule has 3 rings (SSSR count). The summed E-state index contributed by atoms with van der Waals surface area (Å²) in [5, 5.41) is 0. The Labute approximate surface area is 92.1 Å². The smallest absolute Gasteiger partial charge is 0.0239 e. The van der Waals surface area contributed by atoms with Crippen LogP contribution in [0.4, 0.5) is 0 Å². The Morgan fingerprint density at radius 3 is 2.80 bits per heavy atom. The molecule has 1 aromatic carbocycles. The Morgan fingerprint density at radius 2 is 2.07 bits per heavy atom. The van der Waals surface area contributed by atoms with Gasteiger partial charge in [0, 0.05) is 19.1 Å². The van der Waals surface area contributed by atoms with Crippen LogP contribution in [0.25, 0.3) is 0 Å². The van der Waals surface area contributed by atoms with Crippen molar-refractivity contribution in [3.05, 3.63) is 34.9 Å². The molecule has 0 amide bonds. The van der Waals surface area contributed by atoms with E-state index in [2.05, 4.69) is 30.0 Å². The van der Waals surface area contributed by atoms with Crippen molar-refractivity contribution < 1.29 is 0 Å². The fourth-order valence-electron chi connectivity index (χ4n) is 2.77. The van der Waals surface area contributed by atoms with Gasteiger partial charge in [-0.1, -0.05) is 30.2 Å². The molecular formula is C14H19N. The van der Waals surface area contributed by atoms with E-state index in [1.165, 1.54) is 44.3 Å². The van der Waals surface area contributed by atoms with Gasteiger partial charge in [0.1, 0.15) is 0 Å². The topological polar surface area (TPSA) is 3.24 Å². The van der Waals surface area contributed by atoms with Gasteiger partial charge < -0.3 is 0 Å². The number of rotatable bonds is 1. The second-order valence-electron chi connectivity index (χ2n) is 5.08. The molecule has 0 atom stereocenters. The first-order valence-corrected chi connectivity index (χ1v) is 6.15. The SMILES string of the molecule is Cc1ccc2c(c1)CCN(C1CCC1)C2. The summed E-state index contributed by atoms with van der Waals surface area (Å²) in [6.07, 6.45) is 5.57. The van der Waals surface area contributed by atoms with Crippen molar-refractivity contribution in [3.8, 4) is 0 Å². The first-order valence-electron chi connectivity index (χ1n) is 6.15. The van der Waals surface area contributed by atoms with Crippen LogP contribution in [0.2, 0.25) is 0 Å². The summed E-state index contributed by atoms with van der Waals surface area (Å²) < 4.78 is 0. The lowest BCUT2D eigenvalue weighted by Gasteiger charge is -2.40. The Hall–Kier alpha value is -0.820. The van der Waals surface area contributed by atoms with Crippen LogP contribution in [0.1, 0.15) is 36.0 Å². The zero-order valence-corrected chi connectivity index (χ0v) is 9.50. The van der Waals surface area contributed by atoms with Crippen molar-refractivity contribution >= 4 is 0 Å². The molecule has 1 heterocycles. The quantitative estimate of drug-likeness (QED) is 0.675. The maximum absolute atomic E-state index is 2.68. The molecule has 1 aliphatic carbocycles. The third-order valence-corrected chi connectivity index (χ3v) is 3.99. The second kappa shape index (κ2) is 3.64. The van der Waals surface area contributed by atoms with Crippen molar-refractivity contribution in [3.63, 3.8) is 0 Å². The minimum absolute atomic E-state index is 0.902. The van der Waals surface area contributed by atoms with Crippen molar-refractivity contribution in [2.75, 3.05) is 6.54 Å². The van der Waals surface area contributed by atoms with E-state index in [1.54, 1.807) is 11.1 Å². The van der Waals surface area contributed by atoms with Gasteiger partial charge in [0.15, 0.2) is 0 Å². The standard InChI is InChI=1S/C14H19N/c1-11-5-6-13-10-15(14-3-2-4-14)8-7-12(13)9-11/h5-6,9,14H,2-4,7-8,10H2,1H3. The molecule has 0 spiro atoms. The maximum atomic E-state index is 2.68. The minimum atomic E-state index is 0.902. The molecule has 0 unspecified atom stereocenters. The van der Waals surface area contributed by atoms with Crippen LogP contribution in [0.3, 0.4) is 0 Å². The van der Waals surface area contributed by atoms with Crippen LogP contribution in [0.5, 0.6) is 0 Å². The summed E-state index contributed by atoms with van der Waals surface area (Å²) in [5.74, 6) is 0. The third kappa shape index (κ3) is 1.69. The Kier molecular flexibility index (Phi) is 2.28. The molecule has 0 saturated heterocycles. The number of aryl methyl sites for hydroxylation is 1. The highest BCUT2D eigenvalue weighted by molar-refractivity contribution is 5.33. The van der Waals surface area contributed by atoms with Crippen LogP contribution in [-0.2, 0) is 13.0 Å². The van der Waals surface area contributed by atoms with Crippen LogP contribution in [-0.4, -0.2) is 17.5 Å². The highest BCUT2D eigenvalue weighted by Crippen LogP contribution is 2.29. The van der Waals surface area contributed by atoms with Gasteiger partial charge in [-0.25, -0.2) is 0 Å². The van der Waals surface area contributed by atoms with Gasteiger partial charge in [-0.2, -0.15) is 0 Å². The highest BCUT2D eigenvalue weighted by atomic mass is 15.2. The van der Waals surface area contributed by atoms with Crippen LogP contribution < -0.4 is 0 Å². The molecule has 1 nitrogen and oxygen atoms in total. The van der Waals surface area contributed by atoms with E-state index in [4.69, 9.17) is 0 Å². The average Bonchev–Trinajstić information content (AvgIpc) is 2.15. The lowest BCUT2D eigenvalue weighted by atomic mass is 9.88. The molecule has 0 aromatic heterocycles. The zero-order chi connectivity index (χ0) is 10.3. The van der Waals surface area contributed by atoms with E-state index in [1.807, 2.05) is 0 Å². The predicted molar refractivity (Wildman–Crippen MR) is 62.9 cm³/mol. The van der Waals surface area contributed by atoms with E-state index < -0.39 is 0 Å². The van der Waals surface area contributed by atoms with Crippen molar-refractivity contribution in [1.82, 2.24) is 4.90 Å². The van der Waals surface area contributed by atoms with E-state index >= 15 is 0 Å². The summed E-state index contributed by atoms with van der Waals surface area (Å²) in [4.78, 5) is 2.68. The van der Waals surface area contributed by atoms with Crippen molar-refractivity contribution in [2.45, 2.75) is 45.2 Å². The molecule has 0 bridgehead atoms. The predicted octanol–water partition coefficient (Wildman–Crippen LogP) is 2.91. The van der Waals surface area contributed by atoms with Gasteiger partial charge in [-0.15, -0.1) is 0 Å². The Morgan fingerprint density at radius 1 is 1.20 bits per heavy atom. The van der Waals surface area contributed by atoms with Gasteiger partial charge in [0.25, 0.3) is 0 Å². The number of nitrogens with zero attached hydrogens (tertiary/aromatic N) is 1. The van der Waals surface area contributed by atoms with Gasteiger partial charge >= 0.3 is 0 Å². The summed E-state index contributed by atoms with van der Waals surface area (Å²) in [6.45, 7) is 4.67. The molecule has 1 heteroatoms. The molecule has 1 fully saturated rings. The molecule has 1 aliphatic heterocycles. The minimum Gasteiger partial charge on any atom is -0.296 e. The van der Waals surface area contributed by atoms with Gasteiger partial charge in [0.05, 0.1) is 0 Å². The largest absolute Gasteiger partial charge is 0.296 e. The second-order valence-corrected chi connectivity index (χ2v) is 5.08. The number of fused-ring (bicyclic) bond motifs is 1. The lowest BCUT2D eigenvalue weighted by molar-refractivity contribution is 0.113. The van der Waals surface area contributed by atoms with E-state index in [0.717, 1.165) is 6.04 Å². The lowest BCUT2D eigenvalue weighted by Crippen LogP contribution is -2.42. The van der Waals surface area contributed by atoms with Crippen LogP contribution in [0, 0.1) is 6.92 Å². The summed E-state index contributed by atoms with van der Waals surface area (Å²) in [7, 11) is 0. The van der Waals surface area contributed by atoms with Gasteiger partial charge in [-0.05, 0) is 37.3 Å². The van der Waals surface area contributed by atoms with Crippen LogP contribution in [0.15, 0.2) is 18.2 Å². The monoisotopic (exact) mass is 201 g/mol. The third-order valence-electron chi connectivity index (χ3n) is 3.99. The average molecular weight is 201 g/mol. The number of benzene rings is 1. The number of hydrogen-bond acceptors (Lipinski definition) is 1. The zero-order valence-electron chi connectivity index (χ0n) is 9.50. The van der Waals surface area contributed by atoms with Crippen LogP contribution >= 0.6 is 0 Å². The molecule has 1 saturated carbocycles. The molecule has 0 N–H and O–H groups in total. The molecule has 0 radical (unpaired) electrons. The van der Waals surface area contributed by atoms with E-state index in [0.29, 0.717) is 0 Å². The Balaban J connectivity index is 1.80. The molecule has 1 aromatic rings. The normalized spacial score (nSPS) is 22.2. The van der Waals surface area contributed by atoms with E-state index in [9.17, 15) is 0 Å². The molecule has 2 aliphatic rings. The van der Waals surface area contributed by atoms with Gasteiger partial charge in [0.2, 0.25) is 0 Å². The summed E-state index contributed by atoms with van der Waals surface area (Å²) >= 11 is 0. The fourth-order valence-corrected chi connectivity index (χ4v) is 2.77. The van der Waals surface area contributed by atoms with Crippen molar-refractivity contribution in [2.24, 2.45) is 0 Å². The fraction of sp³-hybridized carbons (Fsp3) is 0.571. The first kappa shape index (κ1) is 9.41. The molecule has 80 valence electrons.